The zero-order valence-electron chi connectivity index (χ0n) is 17.4. The predicted octanol–water partition coefficient (Wildman–Crippen LogP) is 2.37. The Balaban J connectivity index is 1.46. The van der Waals surface area contributed by atoms with Crippen LogP contribution in [0.3, 0.4) is 0 Å². The highest BCUT2D eigenvalue weighted by Crippen LogP contribution is 2.38. The van der Waals surface area contributed by atoms with Gasteiger partial charge >= 0.3 is 0 Å². The van der Waals surface area contributed by atoms with E-state index in [0.29, 0.717) is 22.8 Å². The van der Waals surface area contributed by atoms with E-state index >= 15 is 0 Å². The van der Waals surface area contributed by atoms with Crippen molar-refractivity contribution < 1.29 is 19.1 Å². The summed E-state index contributed by atoms with van der Waals surface area (Å²) in [7, 11) is 3.13. The number of amides is 2. The molecule has 8 heteroatoms. The molecule has 2 aromatic rings. The molecule has 0 aliphatic carbocycles. The largest absolute Gasteiger partial charge is 0.497 e. The SMILES string of the molecule is COc1ccc(C(=O)N2[C@@H]3CC[C@H]2CC(NC(=O)c2cnc(C)cn2)C3)c(OC)c1. The molecule has 30 heavy (non-hydrogen) atoms. The highest BCUT2D eigenvalue weighted by Gasteiger charge is 2.44. The van der Waals surface area contributed by atoms with Gasteiger partial charge in [0, 0.05) is 30.4 Å². The number of fused-ring (bicyclic) bond motifs is 2. The normalized spacial score (nSPS) is 22.5. The molecule has 2 fully saturated rings. The summed E-state index contributed by atoms with van der Waals surface area (Å²) in [5, 5.41) is 3.07. The molecule has 8 nitrogen and oxygen atoms in total. The Morgan fingerprint density at radius 1 is 1.07 bits per heavy atom. The first kappa shape index (κ1) is 20.1. The molecular weight excluding hydrogens is 384 g/mol. The van der Waals surface area contributed by atoms with Crippen molar-refractivity contribution in [2.45, 2.75) is 50.7 Å². The van der Waals surface area contributed by atoms with Gasteiger partial charge in [-0.1, -0.05) is 0 Å². The third kappa shape index (κ3) is 3.81. The van der Waals surface area contributed by atoms with Crippen molar-refractivity contribution in [1.82, 2.24) is 20.2 Å². The first-order valence-corrected chi connectivity index (χ1v) is 10.1. The van der Waals surface area contributed by atoms with E-state index in [2.05, 4.69) is 15.3 Å². The van der Waals surface area contributed by atoms with Gasteiger partial charge in [-0.2, -0.15) is 0 Å². The number of hydrogen-bond donors (Lipinski definition) is 1. The van der Waals surface area contributed by atoms with E-state index in [-0.39, 0.29) is 29.9 Å². The van der Waals surface area contributed by atoms with E-state index in [1.165, 1.54) is 6.20 Å². The standard InChI is InChI=1S/C22H26N4O4/c1-13-11-24-19(12-23-13)21(27)25-14-8-15-4-5-16(9-14)26(15)22(28)18-7-6-17(29-2)10-20(18)30-3/h6-7,10-12,14-16H,4-5,8-9H2,1-3H3,(H,25,27)/t14?,15-,16+. The van der Waals surface area contributed by atoms with Gasteiger partial charge < -0.3 is 19.7 Å². The van der Waals surface area contributed by atoms with Gasteiger partial charge in [-0.3, -0.25) is 14.6 Å². The lowest BCUT2D eigenvalue weighted by atomic mass is 9.96. The second-order valence-electron chi connectivity index (χ2n) is 7.85. The Labute approximate surface area is 175 Å². The number of hydrogen-bond acceptors (Lipinski definition) is 6. The van der Waals surface area contributed by atoms with Crippen molar-refractivity contribution >= 4 is 11.8 Å². The number of methoxy groups -OCH3 is 2. The number of benzene rings is 1. The third-order valence-electron chi connectivity index (χ3n) is 5.96. The molecule has 2 bridgehead atoms. The third-order valence-corrected chi connectivity index (χ3v) is 5.96. The molecule has 1 N–H and O–H groups in total. The average Bonchev–Trinajstić information content (AvgIpc) is 3.03. The molecule has 4 rings (SSSR count). The fraction of sp³-hybridized carbons (Fsp3) is 0.455. The molecule has 2 amide bonds. The summed E-state index contributed by atoms with van der Waals surface area (Å²) in [6.45, 7) is 1.83. The monoisotopic (exact) mass is 410 g/mol. The molecule has 158 valence electrons. The number of aromatic nitrogens is 2. The number of ether oxygens (including phenoxy) is 2. The first-order chi connectivity index (χ1) is 14.5. The Morgan fingerprint density at radius 3 is 2.40 bits per heavy atom. The minimum Gasteiger partial charge on any atom is -0.497 e. The lowest BCUT2D eigenvalue weighted by Gasteiger charge is -2.39. The quantitative estimate of drug-likeness (QED) is 0.813. The number of aryl methyl sites for hydroxylation is 1. The minimum atomic E-state index is -0.219. The van der Waals surface area contributed by atoms with Crippen LogP contribution in [0.25, 0.3) is 0 Å². The van der Waals surface area contributed by atoms with Crippen LogP contribution in [0.15, 0.2) is 30.6 Å². The summed E-state index contributed by atoms with van der Waals surface area (Å²) < 4.78 is 10.7. The number of carbonyl (C=O) groups is 2. The van der Waals surface area contributed by atoms with Crippen LogP contribution in [0.4, 0.5) is 0 Å². The van der Waals surface area contributed by atoms with Gasteiger partial charge in [0.25, 0.3) is 11.8 Å². The van der Waals surface area contributed by atoms with Crippen molar-refractivity contribution in [3.63, 3.8) is 0 Å². The van der Waals surface area contributed by atoms with Gasteiger partial charge in [0.1, 0.15) is 17.2 Å². The lowest BCUT2D eigenvalue weighted by molar-refractivity contribution is 0.0546. The molecule has 2 saturated heterocycles. The van der Waals surface area contributed by atoms with Gasteiger partial charge in [0.15, 0.2) is 0 Å². The highest BCUT2D eigenvalue weighted by atomic mass is 16.5. The molecule has 3 atom stereocenters. The molecule has 0 saturated carbocycles. The van der Waals surface area contributed by atoms with Crippen molar-refractivity contribution in [3.05, 3.63) is 47.5 Å². The van der Waals surface area contributed by atoms with Crippen LogP contribution < -0.4 is 14.8 Å². The number of nitrogens with one attached hydrogen (secondary N) is 1. The molecule has 3 heterocycles. The van der Waals surface area contributed by atoms with Gasteiger partial charge in [0.2, 0.25) is 0 Å². The summed E-state index contributed by atoms with van der Waals surface area (Å²) in [4.78, 5) is 36.1. The van der Waals surface area contributed by atoms with Crippen LogP contribution in [0.5, 0.6) is 11.5 Å². The Hall–Kier alpha value is -3.16. The summed E-state index contributed by atoms with van der Waals surface area (Å²) in [5.74, 6) is 0.902. The van der Waals surface area contributed by atoms with E-state index in [9.17, 15) is 9.59 Å². The predicted molar refractivity (Wildman–Crippen MR) is 110 cm³/mol. The van der Waals surface area contributed by atoms with E-state index in [1.807, 2.05) is 11.8 Å². The number of nitrogens with zero attached hydrogens (tertiary/aromatic N) is 3. The maximum Gasteiger partial charge on any atom is 0.271 e. The average molecular weight is 410 g/mol. The molecule has 0 spiro atoms. The summed E-state index contributed by atoms with van der Waals surface area (Å²) in [5.41, 5.74) is 1.62. The van der Waals surface area contributed by atoms with Crippen molar-refractivity contribution in [1.29, 1.82) is 0 Å². The molecule has 0 radical (unpaired) electrons. The van der Waals surface area contributed by atoms with Crippen LogP contribution >= 0.6 is 0 Å². The van der Waals surface area contributed by atoms with E-state index in [0.717, 1.165) is 31.4 Å². The Kier molecular flexibility index (Phi) is 5.57. The smallest absolute Gasteiger partial charge is 0.271 e. The number of carbonyl (C=O) groups excluding carboxylic acids is 2. The second kappa shape index (κ2) is 8.30. The fourth-order valence-corrected chi connectivity index (χ4v) is 4.51. The maximum atomic E-state index is 13.3. The topological polar surface area (TPSA) is 93.7 Å². The summed E-state index contributed by atoms with van der Waals surface area (Å²) in [6, 6.07) is 5.45. The Morgan fingerprint density at radius 2 is 1.80 bits per heavy atom. The molecule has 1 aromatic carbocycles. The van der Waals surface area contributed by atoms with Crippen molar-refractivity contribution in [3.8, 4) is 11.5 Å². The zero-order valence-corrected chi connectivity index (χ0v) is 17.4. The van der Waals surface area contributed by atoms with Crippen LogP contribution in [0.1, 0.15) is 52.2 Å². The second-order valence-corrected chi connectivity index (χ2v) is 7.85. The van der Waals surface area contributed by atoms with Gasteiger partial charge in [-0.05, 0) is 44.7 Å². The zero-order chi connectivity index (χ0) is 21.3. The minimum absolute atomic E-state index is 0.0138. The first-order valence-electron chi connectivity index (χ1n) is 10.1. The summed E-state index contributed by atoms with van der Waals surface area (Å²) >= 11 is 0. The van der Waals surface area contributed by atoms with E-state index in [1.54, 1.807) is 38.6 Å². The van der Waals surface area contributed by atoms with Crippen molar-refractivity contribution in [2.75, 3.05) is 14.2 Å². The van der Waals surface area contributed by atoms with Crippen LogP contribution in [-0.2, 0) is 0 Å². The van der Waals surface area contributed by atoms with E-state index in [4.69, 9.17) is 9.47 Å². The molecule has 1 unspecified atom stereocenters. The van der Waals surface area contributed by atoms with Crippen LogP contribution in [0, 0.1) is 6.92 Å². The van der Waals surface area contributed by atoms with E-state index < -0.39 is 0 Å². The highest BCUT2D eigenvalue weighted by molar-refractivity contribution is 5.98. The van der Waals surface area contributed by atoms with Gasteiger partial charge in [-0.15, -0.1) is 0 Å². The maximum absolute atomic E-state index is 13.3. The fourth-order valence-electron chi connectivity index (χ4n) is 4.51. The summed E-state index contributed by atoms with van der Waals surface area (Å²) in [6.07, 6.45) is 6.41. The van der Waals surface area contributed by atoms with Gasteiger partial charge in [0.05, 0.1) is 31.7 Å². The molecular formula is C22H26N4O4. The Bertz CT molecular complexity index is 933. The number of piperidine rings is 1. The molecule has 2 aliphatic rings. The molecule has 1 aromatic heterocycles. The van der Waals surface area contributed by atoms with Crippen LogP contribution in [-0.4, -0.2) is 59.0 Å². The van der Waals surface area contributed by atoms with Gasteiger partial charge in [-0.25, -0.2) is 4.98 Å². The van der Waals surface area contributed by atoms with Crippen LogP contribution in [0.2, 0.25) is 0 Å². The molecule has 2 aliphatic heterocycles. The number of rotatable bonds is 5. The lowest BCUT2D eigenvalue weighted by Crippen LogP contribution is -2.52. The van der Waals surface area contributed by atoms with Crippen molar-refractivity contribution in [2.24, 2.45) is 0 Å².